The molecule has 6 rings (SSSR count). The first-order chi connectivity index (χ1) is 16.5. The minimum Gasteiger partial charge on any atom is -0.488 e. The molecule has 0 amide bonds. The van der Waals surface area contributed by atoms with E-state index in [0.717, 1.165) is 52.1 Å². The highest BCUT2D eigenvalue weighted by molar-refractivity contribution is 5.88. The van der Waals surface area contributed by atoms with Crippen molar-refractivity contribution in [3.05, 3.63) is 106 Å². The van der Waals surface area contributed by atoms with Gasteiger partial charge < -0.3 is 9.14 Å². The fourth-order valence-electron chi connectivity index (χ4n) is 4.84. The maximum atomic E-state index is 14.0. The lowest BCUT2D eigenvalue weighted by molar-refractivity contribution is 0.305. The van der Waals surface area contributed by atoms with E-state index < -0.39 is 0 Å². The van der Waals surface area contributed by atoms with Crippen LogP contribution in [0.3, 0.4) is 0 Å². The van der Waals surface area contributed by atoms with Gasteiger partial charge in [0.05, 0.1) is 17.5 Å². The smallest absolute Gasteiger partial charge is 0.139 e. The molecule has 0 unspecified atom stereocenters. The fraction of sp³-hybridized carbons (Fsp3) is 0.214. The van der Waals surface area contributed by atoms with Gasteiger partial charge in [0.25, 0.3) is 0 Å². The molecule has 1 fully saturated rings. The SMILES string of the molecule is C/C(C#N)=C1/c2ccc(Cc3c(C4CC4)nc4ccc(F)cn34)cc2COc2cc(F)ccc21. The van der Waals surface area contributed by atoms with Gasteiger partial charge in [0.15, 0.2) is 0 Å². The first kappa shape index (κ1) is 20.6. The quantitative estimate of drug-likeness (QED) is 0.341. The number of benzene rings is 2. The van der Waals surface area contributed by atoms with Crippen molar-refractivity contribution in [2.24, 2.45) is 0 Å². The van der Waals surface area contributed by atoms with Crippen LogP contribution in [0.5, 0.6) is 5.75 Å². The van der Waals surface area contributed by atoms with Crippen molar-refractivity contribution >= 4 is 11.2 Å². The van der Waals surface area contributed by atoms with E-state index in [1.54, 1.807) is 19.1 Å². The maximum absolute atomic E-state index is 14.0. The molecule has 1 aliphatic carbocycles. The number of pyridine rings is 1. The normalized spacial score (nSPS) is 16.3. The van der Waals surface area contributed by atoms with Gasteiger partial charge in [-0.2, -0.15) is 5.26 Å². The van der Waals surface area contributed by atoms with Crippen LogP contribution in [0.2, 0.25) is 0 Å². The molecule has 0 N–H and O–H groups in total. The Hall–Kier alpha value is -3.98. The van der Waals surface area contributed by atoms with Crippen molar-refractivity contribution in [2.75, 3.05) is 0 Å². The molecular formula is C28H21F2N3O. The third-order valence-electron chi connectivity index (χ3n) is 6.63. The summed E-state index contributed by atoms with van der Waals surface area (Å²) in [7, 11) is 0. The minimum absolute atomic E-state index is 0.263. The zero-order valence-electron chi connectivity index (χ0n) is 18.6. The lowest BCUT2D eigenvalue weighted by Crippen LogP contribution is -2.02. The minimum atomic E-state index is -0.383. The van der Waals surface area contributed by atoms with E-state index in [2.05, 4.69) is 12.1 Å². The molecule has 4 nitrogen and oxygen atoms in total. The van der Waals surface area contributed by atoms with Crippen LogP contribution >= 0.6 is 0 Å². The molecule has 1 saturated carbocycles. The van der Waals surface area contributed by atoms with Crippen LogP contribution in [0.4, 0.5) is 8.78 Å². The molecule has 2 aliphatic rings. The van der Waals surface area contributed by atoms with Crippen molar-refractivity contribution in [3.63, 3.8) is 0 Å². The lowest BCUT2D eigenvalue weighted by Gasteiger charge is -2.13. The van der Waals surface area contributed by atoms with Crippen LogP contribution < -0.4 is 4.74 Å². The summed E-state index contributed by atoms with van der Waals surface area (Å²) in [5.74, 6) is 0.178. The summed E-state index contributed by atoms with van der Waals surface area (Å²) in [6.45, 7) is 2.03. The van der Waals surface area contributed by atoms with E-state index in [1.165, 1.54) is 24.4 Å². The van der Waals surface area contributed by atoms with E-state index in [4.69, 9.17) is 9.72 Å². The molecule has 1 aliphatic heterocycles. The summed E-state index contributed by atoms with van der Waals surface area (Å²) in [6, 6.07) is 15.9. The number of hydrogen-bond acceptors (Lipinski definition) is 3. The summed E-state index contributed by atoms with van der Waals surface area (Å²) in [5, 5.41) is 9.66. The second-order valence-electron chi connectivity index (χ2n) is 9.00. The van der Waals surface area contributed by atoms with E-state index in [-0.39, 0.29) is 18.2 Å². The Kier molecular flexibility index (Phi) is 4.73. The Bertz CT molecular complexity index is 1540. The highest BCUT2D eigenvalue weighted by Crippen LogP contribution is 2.43. The van der Waals surface area contributed by atoms with Crippen LogP contribution in [0.25, 0.3) is 11.2 Å². The summed E-state index contributed by atoms with van der Waals surface area (Å²) in [6.07, 6.45) is 4.31. The molecule has 2 aromatic heterocycles. The largest absolute Gasteiger partial charge is 0.488 e. The second-order valence-corrected chi connectivity index (χ2v) is 9.00. The molecule has 0 radical (unpaired) electrons. The number of fused-ring (bicyclic) bond motifs is 3. The summed E-state index contributed by atoms with van der Waals surface area (Å²) in [4.78, 5) is 4.79. The average Bonchev–Trinajstić information content (AvgIpc) is 3.64. The Morgan fingerprint density at radius 1 is 1.09 bits per heavy atom. The average molecular weight is 453 g/mol. The molecule has 0 atom stereocenters. The number of hydrogen-bond donors (Lipinski definition) is 0. The zero-order valence-corrected chi connectivity index (χ0v) is 18.6. The van der Waals surface area contributed by atoms with Gasteiger partial charge in [0.1, 0.15) is 29.6 Å². The summed E-state index contributed by atoms with van der Waals surface area (Å²) < 4.78 is 35.8. The van der Waals surface area contributed by atoms with Crippen molar-refractivity contribution in [2.45, 2.75) is 38.7 Å². The number of allylic oxidation sites excluding steroid dienone is 1. The molecule has 34 heavy (non-hydrogen) atoms. The molecule has 3 heterocycles. The van der Waals surface area contributed by atoms with Gasteiger partial charge in [-0.15, -0.1) is 0 Å². The summed E-state index contributed by atoms with van der Waals surface area (Å²) in [5.41, 5.74) is 7.67. The molecule has 4 aromatic rings. The van der Waals surface area contributed by atoms with Crippen molar-refractivity contribution in [3.8, 4) is 11.8 Å². The third kappa shape index (κ3) is 3.45. The van der Waals surface area contributed by atoms with Crippen molar-refractivity contribution < 1.29 is 13.5 Å². The van der Waals surface area contributed by atoms with E-state index in [1.807, 2.05) is 16.5 Å². The molecule has 0 spiro atoms. The number of imidazole rings is 1. The Labute approximate surface area is 195 Å². The number of halogens is 2. The maximum Gasteiger partial charge on any atom is 0.139 e. The van der Waals surface area contributed by atoms with Gasteiger partial charge in [0, 0.05) is 41.3 Å². The molecule has 2 aromatic carbocycles. The van der Waals surface area contributed by atoms with Gasteiger partial charge in [-0.1, -0.05) is 18.2 Å². The van der Waals surface area contributed by atoms with Crippen LogP contribution in [0, 0.1) is 23.0 Å². The zero-order chi connectivity index (χ0) is 23.4. The molecular weight excluding hydrogens is 432 g/mol. The molecule has 168 valence electrons. The van der Waals surface area contributed by atoms with Crippen molar-refractivity contribution in [1.82, 2.24) is 9.38 Å². The van der Waals surface area contributed by atoms with Crippen LogP contribution in [-0.4, -0.2) is 9.38 Å². The van der Waals surface area contributed by atoms with Crippen LogP contribution in [0.1, 0.15) is 59.3 Å². The predicted octanol–water partition coefficient (Wildman–Crippen LogP) is 6.32. The topological polar surface area (TPSA) is 50.3 Å². The molecule has 0 saturated heterocycles. The first-order valence-electron chi connectivity index (χ1n) is 11.3. The monoisotopic (exact) mass is 453 g/mol. The van der Waals surface area contributed by atoms with Gasteiger partial charge in [-0.3, -0.25) is 0 Å². The number of nitriles is 1. The molecule has 0 bridgehead atoms. The predicted molar refractivity (Wildman–Crippen MR) is 124 cm³/mol. The van der Waals surface area contributed by atoms with Gasteiger partial charge >= 0.3 is 0 Å². The number of aromatic nitrogens is 2. The third-order valence-corrected chi connectivity index (χ3v) is 6.63. The number of ether oxygens (including phenoxy) is 1. The van der Waals surface area contributed by atoms with Gasteiger partial charge in [-0.25, -0.2) is 13.8 Å². The standard InChI is InChI=1S/C28H21F2N3O/c1-16(13-31)27-22-7-2-17(10-19(22)15-34-25-12-20(29)5-8-23(25)27)11-24-28(18-3-4-18)32-26-9-6-21(30)14-33(24)26/h2,5-10,12,14,18H,3-4,11,15H2,1H3/b27-16+. The fourth-order valence-corrected chi connectivity index (χ4v) is 4.84. The van der Waals surface area contributed by atoms with Gasteiger partial charge in [0.2, 0.25) is 0 Å². The highest BCUT2D eigenvalue weighted by Gasteiger charge is 2.30. The second kappa shape index (κ2) is 7.81. The van der Waals surface area contributed by atoms with Crippen LogP contribution in [-0.2, 0) is 13.0 Å². The van der Waals surface area contributed by atoms with Crippen LogP contribution in [0.15, 0.2) is 60.3 Å². The van der Waals surface area contributed by atoms with E-state index >= 15 is 0 Å². The number of rotatable bonds is 3. The highest BCUT2D eigenvalue weighted by atomic mass is 19.1. The van der Waals surface area contributed by atoms with Gasteiger partial charge in [-0.05, 0) is 60.7 Å². The van der Waals surface area contributed by atoms with E-state index in [0.29, 0.717) is 29.2 Å². The summed E-state index contributed by atoms with van der Waals surface area (Å²) >= 11 is 0. The van der Waals surface area contributed by atoms with E-state index in [9.17, 15) is 14.0 Å². The van der Waals surface area contributed by atoms with Crippen molar-refractivity contribution in [1.29, 1.82) is 5.26 Å². The Morgan fingerprint density at radius 3 is 2.68 bits per heavy atom. The Balaban J connectivity index is 1.45. The Morgan fingerprint density at radius 2 is 1.88 bits per heavy atom. The molecule has 6 heteroatoms. The lowest BCUT2D eigenvalue weighted by atomic mass is 9.89. The number of nitrogens with zero attached hydrogens (tertiary/aromatic N) is 3. The first-order valence-corrected chi connectivity index (χ1v) is 11.3.